The van der Waals surface area contributed by atoms with Crippen LogP contribution in [-0.4, -0.2) is 23.9 Å². The van der Waals surface area contributed by atoms with Crippen LogP contribution in [0.2, 0.25) is 0 Å². The summed E-state index contributed by atoms with van der Waals surface area (Å²) in [6.07, 6.45) is 0.695. The molecular formula is C4H7N4O2S-. The van der Waals surface area contributed by atoms with E-state index in [1.165, 1.54) is 0 Å². The summed E-state index contributed by atoms with van der Waals surface area (Å²) in [5, 5.41) is 6.15. The molecule has 7 heteroatoms. The number of aryl methyl sites for hydroxylation is 1. The maximum absolute atomic E-state index is 10.1. The summed E-state index contributed by atoms with van der Waals surface area (Å²) in [4.78, 5) is 3.80. The molecule has 11 heavy (non-hydrogen) atoms. The minimum atomic E-state index is -2.35. The van der Waals surface area contributed by atoms with Gasteiger partial charge in [0.1, 0.15) is 5.82 Å². The highest BCUT2D eigenvalue weighted by Gasteiger charge is 1.98. The first-order valence-corrected chi connectivity index (χ1v) is 4.07. The number of hydrogen-bond donors (Lipinski definition) is 2. The van der Waals surface area contributed by atoms with Crippen molar-refractivity contribution in [3.8, 4) is 0 Å². The zero-order chi connectivity index (χ0) is 8.27. The van der Waals surface area contributed by atoms with Gasteiger partial charge < -0.3 is 4.55 Å². The fraction of sp³-hybridized carbons (Fsp3) is 0.500. The highest BCUT2D eigenvalue weighted by molar-refractivity contribution is 7.80. The number of hydrogen-bond acceptors (Lipinski definition) is 4. The molecule has 0 spiro atoms. The molecule has 1 aromatic rings. The Morgan fingerprint density at radius 3 is 3.00 bits per heavy atom. The van der Waals surface area contributed by atoms with Gasteiger partial charge in [-0.2, -0.15) is 4.98 Å². The molecule has 0 aliphatic carbocycles. The zero-order valence-corrected chi connectivity index (χ0v) is 6.64. The normalized spacial score (nSPS) is 12.9. The third kappa shape index (κ3) is 2.28. The Labute approximate surface area is 65.8 Å². The molecule has 2 N–H and O–H groups in total. The van der Waals surface area contributed by atoms with Gasteiger partial charge >= 0.3 is 0 Å². The molecule has 0 fully saturated rings. The molecule has 0 amide bonds. The smallest absolute Gasteiger partial charge is 0.253 e. The van der Waals surface area contributed by atoms with E-state index >= 15 is 0 Å². The van der Waals surface area contributed by atoms with Crippen LogP contribution < -0.4 is 4.72 Å². The number of nitrogens with one attached hydrogen (secondary N) is 2. The minimum absolute atomic E-state index is 0.0789. The van der Waals surface area contributed by atoms with E-state index in [0.29, 0.717) is 12.2 Å². The van der Waals surface area contributed by atoms with E-state index in [4.69, 9.17) is 0 Å². The average molecular weight is 175 g/mol. The number of anilines is 1. The van der Waals surface area contributed by atoms with Gasteiger partial charge in [0, 0.05) is 17.7 Å². The second-order valence-corrected chi connectivity index (χ2v) is 2.47. The average Bonchev–Trinajstić information content (AvgIpc) is 2.34. The second-order valence-electron chi connectivity index (χ2n) is 1.80. The molecule has 0 aliphatic heterocycles. The van der Waals surface area contributed by atoms with Crippen molar-refractivity contribution in [3.05, 3.63) is 5.82 Å². The van der Waals surface area contributed by atoms with Crippen LogP contribution in [-0.2, 0) is 17.7 Å². The van der Waals surface area contributed by atoms with Gasteiger partial charge in [-0.05, 0) is 0 Å². The fourth-order valence-electron chi connectivity index (χ4n) is 0.574. The molecule has 0 aliphatic rings. The van der Waals surface area contributed by atoms with E-state index in [-0.39, 0.29) is 5.95 Å². The van der Waals surface area contributed by atoms with E-state index in [0.717, 1.165) is 0 Å². The van der Waals surface area contributed by atoms with Gasteiger partial charge in [-0.15, -0.1) is 5.10 Å². The molecule has 0 saturated carbocycles. The van der Waals surface area contributed by atoms with Gasteiger partial charge in [0.05, 0.1) is 0 Å². The van der Waals surface area contributed by atoms with E-state index in [2.05, 4.69) is 15.2 Å². The lowest BCUT2D eigenvalue weighted by Crippen LogP contribution is -2.03. The molecule has 1 heterocycles. The molecule has 1 rings (SSSR count). The SMILES string of the molecule is CCc1nc(NS(=O)[O-])n[nH]1. The second kappa shape index (κ2) is 3.44. The number of aromatic nitrogens is 3. The van der Waals surface area contributed by atoms with Crippen LogP contribution in [0.3, 0.4) is 0 Å². The summed E-state index contributed by atoms with van der Waals surface area (Å²) in [6.45, 7) is 1.89. The van der Waals surface area contributed by atoms with Crippen molar-refractivity contribution in [1.29, 1.82) is 0 Å². The first-order chi connectivity index (χ1) is 5.22. The van der Waals surface area contributed by atoms with E-state index in [1.807, 2.05) is 11.6 Å². The molecule has 62 valence electrons. The Morgan fingerprint density at radius 2 is 2.55 bits per heavy atom. The van der Waals surface area contributed by atoms with Crippen LogP contribution in [0.15, 0.2) is 0 Å². The largest absolute Gasteiger partial charge is 0.755 e. The Morgan fingerprint density at radius 1 is 1.82 bits per heavy atom. The van der Waals surface area contributed by atoms with Gasteiger partial charge in [-0.1, -0.05) is 6.92 Å². The first kappa shape index (κ1) is 8.15. The maximum Gasteiger partial charge on any atom is 0.253 e. The highest BCUT2D eigenvalue weighted by Crippen LogP contribution is 1.98. The predicted octanol–water partition coefficient (Wildman–Crippen LogP) is -0.427. The molecule has 0 bridgehead atoms. The maximum atomic E-state index is 10.1. The zero-order valence-electron chi connectivity index (χ0n) is 5.83. The lowest BCUT2D eigenvalue weighted by atomic mass is 10.5. The van der Waals surface area contributed by atoms with Crippen molar-refractivity contribution < 1.29 is 8.76 Å². The van der Waals surface area contributed by atoms with E-state index in [1.54, 1.807) is 0 Å². The Kier molecular flexibility index (Phi) is 2.55. The molecule has 0 radical (unpaired) electrons. The minimum Gasteiger partial charge on any atom is -0.755 e. The van der Waals surface area contributed by atoms with Gasteiger partial charge in [0.2, 0.25) is 0 Å². The van der Waals surface area contributed by atoms with Gasteiger partial charge in [-0.3, -0.25) is 14.0 Å². The number of aromatic amines is 1. The van der Waals surface area contributed by atoms with Crippen LogP contribution in [0.4, 0.5) is 5.95 Å². The predicted molar refractivity (Wildman–Crippen MR) is 38.3 cm³/mol. The van der Waals surface area contributed by atoms with Crippen molar-refractivity contribution in [1.82, 2.24) is 15.2 Å². The fourth-order valence-corrected chi connectivity index (χ4v) is 0.814. The lowest BCUT2D eigenvalue weighted by Gasteiger charge is -2.01. The van der Waals surface area contributed by atoms with Crippen LogP contribution in [0.1, 0.15) is 12.7 Å². The highest BCUT2D eigenvalue weighted by atomic mass is 32.2. The van der Waals surface area contributed by atoms with Gasteiger partial charge in [0.25, 0.3) is 5.95 Å². The molecule has 1 unspecified atom stereocenters. The summed E-state index contributed by atoms with van der Waals surface area (Å²) in [6, 6.07) is 0. The van der Waals surface area contributed by atoms with Crippen LogP contribution in [0, 0.1) is 0 Å². The summed E-state index contributed by atoms with van der Waals surface area (Å²) >= 11 is -2.35. The van der Waals surface area contributed by atoms with Crippen molar-refractivity contribution in [2.24, 2.45) is 0 Å². The Balaban J connectivity index is 2.65. The van der Waals surface area contributed by atoms with Crippen molar-refractivity contribution in [2.75, 3.05) is 4.72 Å². The third-order valence-corrected chi connectivity index (χ3v) is 1.39. The number of rotatable bonds is 3. The van der Waals surface area contributed by atoms with Crippen molar-refractivity contribution >= 4 is 17.2 Å². The molecule has 0 aromatic carbocycles. The van der Waals surface area contributed by atoms with Crippen LogP contribution >= 0.6 is 0 Å². The Hall–Kier alpha value is -0.950. The molecular weight excluding hydrogens is 168 g/mol. The molecule has 6 nitrogen and oxygen atoms in total. The van der Waals surface area contributed by atoms with Gasteiger partial charge in [0.15, 0.2) is 0 Å². The summed E-state index contributed by atoms with van der Waals surface area (Å²) in [7, 11) is 0. The van der Waals surface area contributed by atoms with E-state index < -0.39 is 11.3 Å². The molecule has 1 aromatic heterocycles. The lowest BCUT2D eigenvalue weighted by molar-refractivity contribution is 0.542. The quantitative estimate of drug-likeness (QED) is 0.609. The van der Waals surface area contributed by atoms with Crippen LogP contribution in [0.25, 0.3) is 0 Å². The first-order valence-electron chi connectivity index (χ1n) is 2.99. The summed E-state index contributed by atoms with van der Waals surface area (Å²) < 4.78 is 22.1. The topological polar surface area (TPSA) is 93.7 Å². The summed E-state index contributed by atoms with van der Waals surface area (Å²) in [5.74, 6) is 0.730. The van der Waals surface area contributed by atoms with E-state index in [9.17, 15) is 8.76 Å². The van der Waals surface area contributed by atoms with Crippen molar-refractivity contribution in [3.63, 3.8) is 0 Å². The molecule has 1 atom stereocenters. The van der Waals surface area contributed by atoms with Crippen LogP contribution in [0.5, 0.6) is 0 Å². The number of H-pyrrole nitrogens is 1. The standard InChI is InChI=1S/C4H8N4O2S/c1-2-3-5-4(7-6-3)8-11(9)10/h2H2,1H3,(H,9,10)(H2,5,6,7,8)/p-1. The third-order valence-electron chi connectivity index (χ3n) is 1.04. The Bertz CT molecular complexity index is 260. The van der Waals surface area contributed by atoms with Crippen molar-refractivity contribution in [2.45, 2.75) is 13.3 Å². The molecule has 0 saturated heterocycles. The number of nitrogens with zero attached hydrogens (tertiary/aromatic N) is 2. The van der Waals surface area contributed by atoms with Gasteiger partial charge in [-0.25, -0.2) is 0 Å². The summed E-state index contributed by atoms with van der Waals surface area (Å²) in [5.41, 5.74) is 0. The monoisotopic (exact) mass is 175 g/mol.